The molecule has 0 bridgehead atoms. The van der Waals surface area contributed by atoms with E-state index in [0.717, 1.165) is 16.9 Å². The highest BCUT2D eigenvalue weighted by atomic mass is 32.2. The molecule has 2 aromatic rings. The van der Waals surface area contributed by atoms with E-state index >= 15 is 0 Å². The maximum Gasteiger partial charge on any atom is 0.271 e. The minimum absolute atomic E-state index is 0.200. The third-order valence-electron chi connectivity index (χ3n) is 2.01. The summed E-state index contributed by atoms with van der Waals surface area (Å²) in [6.07, 6.45) is 0. The Morgan fingerprint density at radius 2 is 1.88 bits per heavy atom. The molecule has 0 aliphatic heterocycles. The Morgan fingerprint density at radius 1 is 1.12 bits per heavy atom. The maximum absolute atomic E-state index is 11.7. The Morgan fingerprint density at radius 3 is 2.53 bits per heavy atom. The van der Waals surface area contributed by atoms with Crippen molar-refractivity contribution in [2.24, 2.45) is 0 Å². The zero-order chi connectivity index (χ0) is 12.1. The highest BCUT2D eigenvalue weighted by Gasteiger charge is 2.14. The molecule has 6 heteroatoms. The van der Waals surface area contributed by atoms with Gasteiger partial charge >= 0.3 is 0 Å². The number of thiophene rings is 1. The number of rotatable bonds is 5. The number of sulfonamides is 1. The molecule has 0 amide bonds. The quantitative estimate of drug-likeness (QED) is 0.846. The van der Waals surface area contributed by atoms with Crippen LogP contribution in [0.2, 0.25) is 0 Å². The summed E-state index contributed by atoms with van der Waals surface area (Å²) < 4.78 is 23.6. The van der Waals surface area contributed by atoms with Gasteiger partial charge in [0.15, 0.2) is 0 Å². The lowest BCUT2D eigenvalue weighted by Gasteiger charge is -2.05. The summed E-state index contributed by atoms with van der Waals surface area (Å²) in [7, 11) is -3.54. The second-order valence-electron chi connectivity index (χ2n) is 3.29. The van der Waals surface area contributed by atoms with Gasteiger partial charge in [-0.3, -0.25) is 4.84 Å². The molecule has 4 nitrogen and oxygen atoms in total. The maximum atomic E-state index is 11.7. The summed E-state index contributed by atoms with van der Waals surface area (Å²) in [5, 5.41) is 1.70. The van der Waals surface area contributed by atoms with Crippen LogP contribution in [0.15, 0.2) is 52.1 Å². The van der Waals surface area contributed by atoms with Crippen molar-refractivity contribution in [3.05, 3.63) is 53.4 Å². The lowest BCUT2D eigenvalue weighted by Crippen LogP contribution is -2.23. The smallest absolute Gasteiger partial charge is 0.271 e. The van der Waals surface area contributed by atoms with Gasteiger partial charge in [-0.2, -0.15) is 0 Å². The Bertz CT molecular complexity index is 550. The van der Waals surface area contributed by atoms with Crippen LogP contribution in [0.25, 0.3) is 0 Å². The zero-order valence-electron chi connectivity index (χ0n) is 8.87. The number of nitrogens with one attached hydrogen (secondary N) is 1. The normalized spacial score (nSPS) is 11.5. The van der Waals surface area contributed by atoms with Crippen LogP contribution in [0.4, 0.5) is 0 Å². The van der Waals surface area contributed by atoms with Gasteiger partial charge in [0, 0.05) is 0 Å². The summed E-state index contributed by atoms with van der Waals surface area (Å²) in [5.74, 6) is 0. The van der Waals surface area contributed by atoms with Gasteiger partial charge in [0.1, 0.15) is 4.21 Å². The minimum Gasteiger partial charge on any atom is -0.282 e. The monoisotopic (exact) mass is 269 g/mol. The van der Waals surface area contributed by atoms with E-state index in [1.165, 1.54) is 6.07 Å². The summed E-state index contributed by atoms with van der Waals surface area (Å²) in [4.78, 5) is 7.07. The second kappa shape index (κ2) is 5.42. The van der Waals surface area contributed by atoms with Crippen LogP contribution >= 0.6 is 11.3 Å². The first-order chi connectivity index (χ1) is 8.18. The Kier molecular flexibility index (Phi) is 3.90. The lowest BCUT2D eigenvalue weighted by molar-refractivity contribution is 0.0797. The van der Waals surface area contributed by atoms with E-state index in [-0.39, 0.29) is 10.8 Å². The van der Waals surface area contributed by atoms with Gasteiger partial charge in [-0.15, -0.1) is 11.3 Å². The standard InChI is InChI=1S/C11H11NO3S2/c13-17(14,11-7-4-8-16-11)12-15-9-10-5-2-1-3-6-10/h1-8,12H,9H2. The highest BCUT2D eigenvalue weighted by Crippen LogP contribution is 2.15. The molecule has 0 radical (unpaired) electrons. The largest absolute Gasteiger partial charge is 0.282 e. The van der Waals surface area contributed by atoms with Crippen molar-refractivity contribution in [2.75, 3.05) is 0 Å². The molecule has 17 heavy (non-hydrogen) atoms. The van der Waals surface area contributed by atoms with Crippen LogP contribution in [0.1, 0.15) is 5.56 Å². The minimum atomic E-state index is -3.54. The van der Waals surface area contributed by atoms with E-state index in [1.807, 2.05) is 30.3 Å². The van der Waals surface area contributed by atoms with Gasteiger partial charge in [0.2, 0.25) is 0 Å². The molecule has 1 aromatic heterocycles. The van der Waals surface area contributed by atoms with Crippen LogP contribution in [-0.2, 0) is 21.5 Å². The van der Waals surface area contributed by atoms with Crippen molar-refractivity contribution in [2.45, 2.75) is 10.8 Å². The first-order valence-electron chi connectivity index (χ1n) is 4.89. The van der Waals surface area contributed by atoms with Crippen molar-refractivity contribution >= 4 is 21.4 Å². The number of hydrogen-bond acceptors (Lipinski definition) is 4. The van der Waals surface area contributed by atoms with Crippen molar-refractivity contribution in [3.8, 4) is 0 Å². The predicted octanol–water partition coefficient (Wildman–Crippen LogP) is 2.16. The van der Waals surface area contributed by atoms with Crippen molar-refractivity contribution in [1.29, 1.82) is 0 Å². The van der Waals surface area contributed by atoms with Gasteiger partial charge in [-0.05, 0) is 17.0 Å². The SMILES string of the molecule is O=S(=O)(NOCc1ccccc1)c1cccs1. The number of benzene rings is 1. The fourth-order valence-electron chi connectivity index (χ4n) is 1.22. The lowest BCUT2D eigenvalue weighted by atomic mass is 10.2. The van der Waals surface area contributed by atoms with Gasteiger partial charge in [0.05, 0.1) is 6.61 Å². The first-order valence-corrected chi connectivity index (χ1v) is 7.26. The summed E-state index contributed by atoms with van der Waals surface area (Å²) in [5.41, 5.74) is 0.904. The first kappa shape index (κ1) is 12.3. The second-order valence-corrected chi connectivity index (χ2v) is 6.11. The van der Waals surface area contributed by atoms with Crippen LogP contribution in [0.5, 0.6) is 0 Å². The van der Waals surface area contributed by atoms with E-state index < -0.39 is 10.0 Å². The van der Waals surface area contributed by atoms with Crippen LogP contribution in [0.3, 0.4) is 0 Å². The van der Waals surface area contributed by atoms with E-state index in [9.17, 15) is 8.42 Å². The Labute approximate surface area is 104 Å². The van der Waals surface area contributed by atoms with E-state index in [0.29, 0.717) is 0 Å². The summed E-state index contributed by atoms with van der Waals surface area (Å²) >= 11 is 1.15. The molecule has 0 unspecified atom stereocenters. The summed E-state index contributed by atoms with van der Waals surface area (Å²) in [6, 6.07) is 12.5. The molecule has 1 aromatic carbocycles. The topological polar surface area (TPSA) is 55.4 Å². The highest BCUT2D eigenvalue weighted by molar-refractivity contribution is 7.91. The number of hydrogen-bond donors (Lipinski definition) is 1. The molecule has 0 saturated carbocycles. The van der Waals surface area contributed by atoms with Crippen LogP contribution in [0, 0.1) is 0 Å². The fraction of sp³-hybridized carbons (Fsp3) is 0.0909. The third-order valence-corrected chi connectivity index (χ3v) is 4.62. The summed E-state index contributed by atoms with van der Waals surface area (Å²) in [6.45, 7) is 0.200. The molecule has 2 rings (SSSR count). The van der Waals surface area contributed by atoms with E-state index in [1.54, 1.807) is 11.4 Å². The van der Waals surface area contributed by atoms with E-state index in [4.69, 9.17) is 4.84 Å². The zero-order valence-corrected chi connectivity index (χ0v) is 10.5. The molecule has 0 spiro atoms. The Hall–Kier alpha value is -1.21. The predicted molar refractivity (Wildman–Crippen MR) is 65.9 cm³/mol. The Balaban J connectivity index is 1.91. The average molecular weight is 269 g/mol. The average Bonchev–Trinajstić information content (AvgIpc) is 2.84. The van der Waals surface area contributed by atoms with Gasteiger partial charge in [0.25, 0.3) is 10.0 Å². The molecular formula is C11H11NO3S2. The molecule has 0 aliphatic rings. The van der Waals surface area contributed by atoms with Crippen molar-refractivity contribution in [3.63, 3.8) is 0 Å². The third kappa shape index (κ3) is 3.37. The van der Waals surface area contributed by atoms with Gasteiger partial charge < -0.3 is 0 Å². The van der Waals surface area contributed by atoms with E-state index in [2.05, 4.69) is 4.89 Å². The molecule has 90 valence electrons. The van der Waals surface area contributed by atoms with Crippen molar-refractivity contribution in [1.82, 2.24) is 4.89 Å². The van der Waals surface area contributed by atoms with Gasteiger partial charge in [-0.25, -0.2) is 8.42 Å². The van der Waals surface area contributed by atoms with Crippen LogP contribution < -0.4 is 4.89 Å². The molecule has 1 heterocycles. The molecule has 0 fully saturated rings. The van der Waals surface area contributed by atoms with Crippen LogP contribution in [-0.4, -0.2) is 8.42 Å². The molecule has 0 saturated heterocycles. The molecule has 0 aliphatic carbocycles. The van der Waals surface area contributed by atoms with Crippen molar-refractivity contribution < 1.29 is 13.3 Å². The molecule has 0 atom stereocenters. The van der Waals surface area contributed by atoms with Gasteiger partial charge in [-0.1, -0.05) is 41.3 Å². The fourth-order valence-corrected chi connectivity index (χ4v) is 3.00. The molecule has 1 N–H and O–H groups in total. The molecular weight excluding hydrogens is 258 g/mol.